The lowest BCUT2D eigenvalue weighted by Crippen LogP contribution is -2.29. The number of hydrogen-bond donors (Lipinski definition) is 3. The summed E-state index contributed by atoms with van der Waals surface area (Å²) in [6, 6.07) is 0. The van der Waals surface area contributed by atoms with E-state index in [9.17, 15) is 24.2 Å². The normalized spacial score (nSPS) is 15.1. The van der Waals surface area contributed by atoms with Gasteiger partial charge in [0.2, 0.25) is 0 Å². The van der Waals surface area contributed by atoms with Gasteiger partial charge in [0.15, 0.2) is 6.10 Å². The molecule has 0 heterocycles. The number of nitrogens with two attached hydrogens (primary N) is 1. The molecular weight excluding hydrogens is 753 g/mol. The zero-order valence-electron chi connectivity index (χ0n) is 35.3. The lowest BCUT2D eigenvalue weighted by Gasteiger charge is -2.19. The average Bonchev–Trinajstić information content (AvgIpc) is 3.20. The highest BCUT2D eigenvalue weighted by atomic mass is 31.2. The predicted molar refractivity (Wildman–Crippen MR) is 239 cm³/mol. The fraction of sp³-hybridized carbons (Fsp3) is 0.532. The van der Waals surface area contributed by atoms with Crippen LogP contribution >= 0.6 is 7.82 Å². The Hall–Kier alpha value is -3.63. The molecule has 0 aliphatic rings. The summed E-state index contributed by atoms with van der Waals surface area (Å²) in [5.74, 6) is -1.14. The summed E-state index contributed by atoms with van der Waals surface area (Å²) in [6.45, 7) is 3.24. The van der Waals surface area contributed by atoms with Gasteiger partial charge in [0.05, 0.1) is 19.3 Å². The Balaban J connectivity index is 4.52. The van der Waals surface area contributed by atoms with E-state index in [0.717, 1.165) is 57.8 Å². The number of unbranched alkanes of at least 4 members (excludes halogenated alkanes) is 3. The van der Waals surface area contributed by atoms with Crippen molar-refractivity contribution in [1.29, 1.82) is 0 Å². The Bertz CT molecular complexity index is 1370. The zero-order valence-corrected chi connectivity index (χ0v) is 36.2. The van der Waals surface area contributed by atoms with Crippen LogP contribution in [0.1, 0.15) is 123 Å². The Kier molecular flexibility index (Phi) is 38.9. The van der Waals surface area contributed by atoms with Gasteiger partial charge in [0, 0.05) is 19.4 Å². The molecule has 0 spiro atoms. The maximum atomic E-state index is 12.6. The van der Waals surface area contributed by atoms with Gasteiger partial charge in [-0.15, -0.1) is 0 Å². The van der Waals surface area contributed by atoms with Crippen LogP contribution in [0.3, 0.4) is 0 Å². The molecule has 0 amide bonds. The SMILES string of the molecule is CC/C=C\C/C=C\C/C=C\C/C=C\C/C=C\C/C=C\CCC(=O)O[C@H](COC(=O)CCC[C@H](O)/C=C/C=C\C/C=C\C/C=C\CCCCC)COP(=O)(O)OCCN. The quantitative estimate of drug-likeness (QED) is 0.0181. The Labute approximate surface area is 350 Å². The smallest absolute Gasteiger partial charge is 0.462 e. The number of aliphatic hydroxyl groups is 1. The fourth-order valence-electron chi connectivity index (χ4n) is 4.82. The number of ether oxygens (including phenoxy) is 2. The number of phosphoric ester groups is 1. The standard InChI is InChI=1S/C47H74NO9P/c1-3-5-7-9-11-13-15-17-18-19-20-21-22-24-26-28-30-32-34-38-47(51)57-45(43-56-58(52,53)55-41-40-48)42-54-46(50)39-35-37-44(49)36-33-31-29-27-25-23-16-14-12-10-8-6-4-2/h5,7,11-14,17-18,20-21,23-26,29-33,36,44-45,49H,3-4,6,8-10,15-16,19,22,27-28,34-35,37-43,48H2,1-2H3,(H,52,53)/b7-5-,13-11-,14-12-,18-17-,21-20-,25-23-,26-24-,31-29-,32-30-,36-33+/t44-,45-/m1/s1. The monoisotopic (exact) mass is 828 g/mol. The topological polar surface area (TPSA) is 155 Å². The van der Waals surface area contributed by atoms with Crippen molar-refractivity contribution >= 4 is 19.8 Å². The molecule has 0 rings (SSSR count). The first kappa shape index (κ1) is 54.4. The first-order chi connectivity index (χ1) is 28.2. The van der Waals surface area contributed by atoms with Gasteiger partial charge in [-0.25, -0.2) is 4.57 Å². The summed E-state index contributed by atoms with van der Waals surface area (Å²) in [7, 11) is -4.45. The minimum absolute atomic E-state index is 0.00882. The molecule has 1 unspecified atom stereocenters. The third kappa shape index (κ3) is 40.6. The van der Waals surface area contributed by atoms with Crippen LogP contribution in [0.4, 0.5) is 0 Å². The molecule has 0 aromatic rings. The first-order valence-corrected chi connectivity index (χ1v) is 22.6. The number of esters is 2. The highest BCUT2D eigenvalue weighted by Crippen LogP contribution is 2.43. The van der Waals surface area contributed by atoms with Crippen LogP contribution in [0.25, 0.3) is 0 Å². The van der Waals surface area contributed by atoms with E-state index in [0.29, 0.717) is 19.3 Å². The van der Waals surface area contributed by atoms with Crippen molar-refractivity contribution in [3.8, 4) is 0 Å². The van der Waals surface area contributed by atoms with E-state index < -0.39 is 38.6 Å². The first-order valence-electron chi connectivity index (χ1n) is 21.1. The van der Waals surface area contributed by atoms with E-state index in [1.54, 1.807) is 12.2 Å². The highest BCUT2D eigenvalue weighted by molar-refractivity contribution is 7.47. The Morgan fingerprint density at radius 3 is 1.71 bits per heavy atom. The summed E-state index contributed by atoms with van der Waals surface area (Å²) < 4.78 is 32.5. The second-order valence-corrected chi connectivity index (χ2v) is 14.8. The number of carbonyl (C=O) groups excluding carboxylic acids is 2. The number of phosphoric acid groups is 1. The summed E-state index contributed by atoms with van der Waals surface area (Å²) >= 11 is 0. The van der Waals surface area contributed by atoms with Crippen LogP contribution in [0.15, 0.2) is 122 Å². The van der Waals surface area contributed by atoms with Crippen LogP contribution < -0.4 is 5.73 Å². The van der Waals surface area contributed by atoms with Crippen molar-refractivity contribution in [3.63, 3.8) is 0 Å². The largest absolute Gasteiger partial charge is 0.472 e. The van der Waals surface area contributed by atoms with E-state index in [4.69, 9.17) is 24.3 Å². The number of hydrogen-bond acceptors (Lipinski definition) is 9. The molecule has 0 bridgehead atoms. The molecule has 0 fully saturated rings. The molecule has 0 aliphatic heterocycles. The number of rotatable bonds is 37. The second kappa shape index (κ2) is 41.5. The molecule has 58 heavy (non-hydrogen) atoms. The van der Waals surface area contributed by atoms with Crippen LogP contribution in [-0.4, -0.2) is 60.5 Å². The molecular formula is C47H74NO9P. The van der Waals surface area contributed by atoms with Gasteiger partial charge in [0.1, 0.15) is 6.61 Å². The van der Waals surface area contributed by atoms with Gasteiger partial charge in [-0.05, 0) is 83.5 Å². The minimum atomic E-state index is -4.45. The van der Waals surface area contributed by atoms with Gasteiger partial charge in [-0.3, -0.25) is 18.6 Å². The predicted octanol–water partition coefficient (Wildman–Crippen LogP) is 11.1. The number of allylic oxidation sites excluding steroid dienone is 19. The van der Waals surface area contributed by atoms with Gasteiger partial charge < -0.3 is 25.2 Å². The van der Waals surface area contributed by atoms with Crippen LogP contribution in [0, 0.1) is 0 Å². The van der Waals surface area contributed by atoms with Crippen LogP contribution in [0.2, 0.25) is 0 Å². The molecule has 4 N–H and O–H groups in total. The molecule has 3 atom stereocenters. The van der Waals surface area contributed by atoms with E-state index >= 15 is 0 Å². The molecule has 0 aromatic heterocycles. The summed E-state index contributed by atoms with van der Waals surface area (Å²) in [5, 5.41) is 10.2. The van der Waals surface area contributed by atoms with E-state index in [1.807, 2.05) is 24.3 Å². The molecule has 0 saturated heterocycles. The molecule has 10 nitrogen and oxygen atoms in total. The van der Waals surface area contributed by atoms with Crippen molar-refractivity contribution in [1.82, 2.24) is 0 Å². The molecule has 326 valence electrons. The summed E-state index contributed by atoms with van der Waals surface area (Å²) in [6.07, 6.45) is 52.8. The third-order valence-corrected chi connectivity index (χ3v) is 8.93. The molecule has 11 heteroatoms. The molecule has 0 aliphatic carbocycles. The Morgan fingerprint density at radius 2 is 1.16 bits per heavy atom. The van der Waals surface area contributed by atoms with Crippen LogP contribution in [-0.2, 0) is 32.7 Å². The third-order valence-electron chi connectivity index (χ3n) is 7.95. The van der Waals surface area contributed by atoms with E-state index in [2.05, 4.69) is 98.9 Å². The maximum absolute atomic E-state index is 12.6. The van der Waals surface area contributed by atoms with Crippen molar-refractivity contribution in [3.05, 3.63) is 122 Å². The van der Waals surface area contributed by atoms with Crippen molar-refractivity contribution in [2.24, 2.45) is 5.73 Å². The number of aliphatic hydroxyl groups excluding tert-OH is 1. The number of carbonyl (C=O) groups is 2. The Morgan fingerprint density at radius 1 is 0.621 bits per heavy atom. The van der Waals surface area contributed by atoms with Gasteiger partial charge in [-0.1, -0.05) is 148 Å². The summed E-state index contributed by atoms with van der Waals surface area (Å²) in [5.41, 5.74) is 5.33. The summed E-state index contributed by atoms with van der Waals surface area (Å²) in [4.78, 5) is 34.8. The van der Waals surface area contributed by atoms with Gasteiger partial charge >= 0.3 is 19.8 Å². The molecule has 0 aromatic carbocycles. The maximum Gasteiger partial charge on any atom is 0.472 e. The highest BCUT2D eigenvalue weighted by Gasteiger charge is 2.25. The van der Waals surface area contributed by atoms with Crippen molar-refractivity contribution in [2.45, 2.75) is 135 Å². The lowest BCUT2D eigenvalue weighted by molar-refractivity contribution is -0.161. The van der Waals surface area contributed by atoms with Crippen LogP contribution in [0.5, 0.6) is 0 Å². The van der Waals surface area contributed by atoms with Gasteiger partial charge in [-0.2, -0.15) is 0 Å². The average molecular weight is 828 g/mol. The van der Waals surface area contributed by atoms with E-state index in [-0.39, 0.29) is 32.6 Å². The molecule has 0 radical (unpaired) electrons. The molecule has 0 saturated carbocycles. The van der Waals surface area contributed by atoms with E-state index in [1.165, 1.54) is 19.3 Å². The van der Waals surface area contributed by atoms with Gasteiger partial charge in [0.25, 0.3) is 0 Å². The van der Waals surface area contributed by atoms with Crippen molar-refractivity contribution < 1.29 is 42.7 Å². The minimum Gasteiger partial charge on any atom is -0.462 e. The second-order valence-electron chi connectivity index (χ2n) is 13.3. The fourth-order valence-corrected chi connectivity index (χ4v) is 5.58. The lowest BCUT2D eigenvalue weighted by atomic mass is 10.1. The zero-order chi connectivity index (χ0) is 42.6. The van der Waals surface area contributed by atoms with Crippen molar-refractivity contribution in [2.75, 3.05) is 26.4 Å².